The van der Waals surface area contributed by atoms with Gasteiger partial charge in [-0.2, -0.15) is 0 Å². The quantitative estimate of drug-likeness (QED) is 0.859. The lowest BCUT2D eigenvalue weighted by Crippen LogP contribution is -2.14. The van der Waals surface area contributed by atoms with Crippen molar-refractivity contribution < 1.29 is 0 Å². The van der Waals surface area contributed by atoms with E-state index in [1.165, 1.54) is 5.56 Å². The summed E-state index contributed by atoms with van der Waals surface area (Å²) in [5.41, 5.74) is 2.40. The minimum atomic E-state index is 0.901. The largest absolute Gasteiger partial charge is 0.313 e. The normalized spacial score (nSPS) is 10.7. The number of nitrogens with one attached hydrogen (secondary N) is 1. The third-order valence-corrected chi connectivity index (χ3v) is 3.32. The summed E-state index contributed by atoms with van der Waals surface area (Å²) in [6.45, 7) is 4.12. The van der Waals surface area contributed by atoms with Gasteiger partial charge in [-0.15, -0.1) is 0 Å². The molecule has 0 aliphatic carbocycles. The van der Waals surface area contributed by atoms with Gasteiger partial charge in [-0.05, 0) is 30.7 Å². The number of imidazole rings is 1. The highest BCUT2D eigenvalue weighted by Gasteiger charge is 2.02. The summed E-state index contributed by atoms with van der Waals surface area (Å²) in [4.78, 5) is 4.05. The molecular weight excluding hydrogens is 278 g/mol. The number of benzene rings is 1. The van der Waals surface area contributed by atoms with Crippen LogP contribution in [-0.4, -0.2) is 16.1 Å². The SMILES string of the molecule is CCCNCc1ccc(-n2ccnc2)cc1Br. The molecule has 0 saturated carbocycles. The number of nitrogens with zero attached hydrogens (tertiary/aromatic N) is 2. The van der Waals surface area contributed by atoms with Crippen LogP contribution in [0, 0.1) is 0 Å². The lowest BCUT2D eigenvalue weighted by atomic mass is 10.2. The number of halogens is 1. The van der Waals surface area contributed by atoms with Gasteiger partial charge in [0.25, 0.3) is 0 Å². The second-order valence-electron chi connectivity index (χ2n) is 3.92. The van der Waals surface area contributed by atoms with Crippen LogP contribution >= 0.6 is 15.9 Å². The van der Waals surface area contributed by atoms with E-state index in [1.54, 1.807) is 12.5 Å². The lowest BCUT2D eigenvalue weighted by Gasteiger charge is -2.08. The van der Waals surface area contributed by atoms with Crippen LogP contribution in [0.4, 0.5) is 0 Å². The minimum absolute atomic E-state index is 0.901. The lowest BCUT2D eigenvalue weighted by molar-refractivity contribution is 0.674. The molecule has 0 unspecified atom stereocenters. The molecule has 1 aromatic carbocycles. The number of hydrogen-bond acceptors (Lipinski definition) is 2. The molecule has 17 heavy (non-hydrogen) atoms. The van der Waals surface area contributed by atoms with Gasteiger partial charge in [-0.3, -0.25) is 0 Å². The summed E-state index contributed by atoms with van der Waals surface area (Å²) >= 11 is 3.61. The van der Waals surface area contributed by atoms with Gasteiger partial charge in [0.1, 0.15) is 0 Å². The average molecular weight is 294 g/mol. The Morgan fingerprint density at radius 1 is 1.41 bits per heavy atom. The highest BCUT2D eigenvalue weighted by atomic mass is 79.9. The molecule has 0 spiro atoms. The van der Waals surface area contributed by atoms with Gasteiger partial charge in [0.05, 0.1) is 6.33 Å². The molecule has 1 heterocycles. The van der Waals surface area contributed by atoms with E-state index in [2.05, 4.69) is 51.4 Å². The van der Waals surface area contributed by atoms with E-state index in [0.29, 0.717) is 0 Å². The van der Waals surface area contributed by atoms with Gasteiger partial charge in [0.2, 0.25) is 0 Å². The van der Waals surface area contributed by atoms with Gasteiger partial charge in [0.15, 0.2) is 0 Å². The first kappa shape index (κ1) is 12.3. The minimum Gasteiger partial charge on any atom is -0.313 e. The van der Waals surface area contributed by atoms with Crippen molar-refractivity contribution in [2.45, 2.75) is 19.9 Å². The first-order valence-corrected chi connectivity index (χ1v) is 6.58. The molecule has 0 aliphatic heterocycles. The van der Waals surface area contributed by atoms with Crippen molar-refractivity contribution in [2.24, 2.45) is 0 Å². The Labute approximate surface area is 110 Å². The Hall–Kier alpha value is -1.13. The fourth-order valence-electron chi connectivity index (χ4n) is 1.65. The van der Waals surface area contributed by atoms with Crippen molar-refractivity contribution in [3.05, 3.63) is 47.0 Å². The molecule has 0 amide bonds. The molecule has 1 N–H and O–H groups in total. The Morgan fingerprint density at radius 2 is 2.29 bits per heavy atom. The zero-order chi connectivity index (χ0) is 12.1. The molecule has 0 fully saturated rings. The summed E-state index contributed by atoms with van der Waals surface area (Å²) in [6.07, 6.45) is 6.68. The third-order valence-electron chi connectivity index (χ3n) is 2.58. The number of aromatic nitrogens is 2. The van der Waals surface area contributed by atoms with Crippen molar-refractivity contribution in [3.8, 4) is 5.69 Å². The van der Waals surface area contributed by atoms with Crippen molar-refractivity contribution >= 4 is 15.9 Å². The standard InChI is InChI=1S/C13H16BrN3/c1-2-5-15-9-11-3-4-12(8-13(11)14)17-7-6-16-10-17/h3-4,6-8,10,15H,2,5,9H2,1H3. The molecule has 0 atom stereocenters. The van der Waals surface area contributed by atoms with E-state index in [9.17, 15) is 0 Å². The van der Waals surface area contributed by atoms with Crippen molar-refractivity contribution in [2.75, 3.05) is 6.54 Å². The summed E-state index contributed by atoms with van der Waals surface area (Å²) < 4.78 is 3.13. The number of hydrogen-bond donors (Lipinski definition) is 1. The summed E-state index contributed by atoms with van der Waals surface area (Å²) in [5, 5.41) is 3.40. The van der Waals surface area contributed by atoms with Crippen molar-refractivity contribution in [1.29, 1.82) is 0 Å². The van der Waals surface area contributed by atoms with E-state index < -0.39 is 0 Å². The smallest absolute Gasteiger partial charge is 0.0991 e. The van der Waals surface area contributed by atoms with Crippen LogP contribution in [0.5, 0.6) is 0 Å². The fourth-order valence-corrected chi connectivity index (χ4v) is 2.16. The molecule has 2 rings (SSSR count). The highest BCUT2D eigenvalue weighted by molar-refractivity contribution is 9.10. The zero-order valence-electron chi connectivity index (χ0n) is 9.86. The van der Waals surface area contributed by atoms with E-state index in [0.717, 1.165) is 29.7 Å². The Bertz CT molecular complexity index is 466. The van der Waals surface area contributed by atoms with E-state index in [-0.39, 0.29) is 0 Å². The topological polar surface area (TPSA) is 29.9 Å². The maximum atomic E-state index is 4.05. The van der Waals surface area contributed by atoms with Gasteiger partial charge in [-0.1, -0.05) is 28.9 Å². The average Bonchev–Trinajstić information content (AvgIpc) is 2.85. The van der Waals surface area contributed by atoms with Crippen LogP contribution in [0.3, 0.4) is 0 Å². The van der Waals surface area contributed by atoms with Crippen molar-refractivity contribution in [3.63, 3.8) is 0 Å². The Kier molecular flexibility index (Phi) is 4.34. The zero-order valence-corrected chi connectivity index (χ0v) is 11.4. The monoisotopic (exact) mass is 293 g/mol. The van der Waals surface area contributed by atoms with Gasteiger partial charge < -0.3 is 9.88 Å². The first-order chi connectivity index (χ1) is 8.31. The van der Waals surface area contributed by atoms with E-state index >= 15 is 0 Å². The summed E-state index contributed by atoms with van der Waals surface area (Å²) in [6, 6.07) is 6.36. The Morgan fingerprint density at radius 3 is 2.94 bits per heavy atom. The van der Waals surface area contributed by atoms with Gasteiger partial charge in [-0.25, -0.2) is 4.98 Å². The highest BCUT2D eigenvalue weighted by Crippen LogP contribution is 2.20. The maximum Gasteiger partial charge on any atom is 0.0991 e. The molecular formula is C13H16BrN3. The molecule has 0 saturated heterocycles. The van der Waals surface area contributed by atoms with Crippen LogP contribution in [0.15, 0.2) is 41.4 Å². The van der Waals surface area contributed by atoms with Crippen LogP contribution in [0.1, 0.15) is 18.9 Å². The molecule has 0 radical (unpaired) electrons. The fraction of sp³-hybridized carbons (Fsp3) is 0.308. The molecule has 0 bridgehead atoms. The van der Waals surface area contributed by atoms with Crippen LogP contribution in [0.2, 0.25) is 0 Å². The number of rotatable bonds is 5. The predicted octanol–water partition coefficient (Wildman–Crippen LogP) is 3.13. The second kappa shape index (κ2) is 5.98. The molecule has 3 nitrogen and oxygen atoms in total. The first-order valence-electron chi connectivity index (χ1n) is 5.78. The molecule has 0 aliphatic rings. The van der Waals surface area contributed by atoms with Crippen LogP contribution < -0.4 is 5.32 Å². The third kappa shape index (κ3) is 3.17. The van der Waals surface area contributed by atoms with E-state index in [1.807, 2.05) is 10.8 Å². The second-order valence-corrected chi connectivity index (χ2v) is 4.78. The maximum absolute atomic E-state index is 4.05. The van der Waals surface area contributed by atoms with Crippen LogP contribution in [0.25, 0.3) is 5.69 Å². The predicted molar refractivity (Wildman–Crippen MR) is 73.3 cm³/mol. The van der Waals surface area contributed by atoms with Crippen molar-refractivity contribution in [1.82, 2.24) is 14.9 Å². The molecule has 90 valence electrons. The van der Waals surface area contributed by atoms with Gasteiger partial charge in [0, 0.05) is 29.1 Å². The summed E-state index contributed by atoms with van der Waals surface area (Å²) in [7, 11) is 0. The van der Waals surface area contributed by atoms with Gasteiger partial charge >= 0.3 is 0 Å². The Balaban J connectivity index is 2.12. The summed E-state index contributed by atoms with van der Waals surface area (Å²) in [5.74, 6) is 0. The molecule has 2 aromatic rings. The molecule has 1 aromatic heterocycles. The molecule has 4 heteroatoms. The van der Waals surface area contributed by atoms with Crippen LogP contribution in [-0.2, 0) is 6.54 Å². The van der Waals surface area contributed by atoms with E-state index in [4.69, 9.17) is 0 Å².